The summed E-state index contributed by atoms with van der Waals surface area (Å²) in [7, 11) is 0. The lowest BCUT2D eigenvalue weighted by molar-refractivity contribution is -0.934. The fourth-order valence-electron chi connectivity index (χ4n) is 6.14. The maximum absolute atomic E-state index is 10.2. The van der Waals surface area contributed by atoms with Crippen molar-refractivity contribution in [2.45, 2.75) is 52.0 Å². The minimum atomic E-state index is -0.326. The van der Waals surface area contributed by atoms with Crippen LogP contribution in [0, 0.1) is 29.1 Å². The normalized spacial score (nSPS) is 27.4. The number of benzene rings is 2. The molecule has 4 rings (SSSR count). The smallest absolute Gasteiger partial charge is 0.104 e. The minimum absolute atomic E-state index is 0. The average molecular weight is 494 g/mol. The van der Waals surface area contributed by atoms with Crippen molar-refractivity contribution in [3.05, 3.63) is 83.4 Å². The first kappa shape index (κ1) is 24.7. The first-order chi connectivity index (χ1) is 15.0. The monoisotopic (exact) mass is 492 g/mol. The van der Waals surface area contributed by atoms with Crippen molar-refractivity contribution in [3.63, 3.8) is 0 Å². The highest BCUT2D eigenvalue weighted by molar-refractivity contribution is 5.33. The third kappa shape index (κ3) is 5.19. The van der Waals surface area contributed by atoms with Crippen molar-refractivity contribution >= 4 is 0 Å². The topological polar surface area (TPSA) is 23.8 Å². The molecule has 0 bridgehead atoms. The highest BCUT2D eigenvalue weighted by atomic mass is 79.9. The minimum Gasteiger partial charge on any atom is -1.00 e. The van der Waals surface area contributed by atoms with Crippen LogP contribution in [0.3, 0.4) is 0 Å². The first-order valence-electron chi connectivity index (χ1n) is 12.0. The second kappa shape index (κ2) is 10.4. The van der Waals surface area contributed by atoms with E-state index in [0.717, 1.165) is 31.2 Å². The van der Waals surface area contributed by atoms with Crippen LogP contribution < -0.4 is 17.0 Å². The fraction of sp³-hybridized carbons (Fsp3) is 0.483. The van der Waals surface area contributed by atoms with Crippen molar-refractivity contribution in [1.82, 2.24) is 0 Å². The molecular weight excluding hydrogens is 456 g/mol. The Morgan fingerprint density at radius 1 is 1.03 bits per heavy atom. The van der Waals surface area contributed by atoms with E-state index < -0.39 is 0 Å². The van der Waals surface area contributed by atoms with Crippen molar-refractivity contribution in [1.29, 1.82) is 5.26 Å². The molecule has 0 N–H and O–H groups in total. The lowest BCUT2D eigenvalue weighted by atomic mass is 9.74. The molecule has 2 aromatic rings. The molecule has 32 heavy (non-hydrogen) atoms. The molecule has 3 unspecified atom stereocenters. The Kier molecular flexibility index (Phi) is 8.01. The van der Waals surface area contributed by atoms with Gasteiger partial charge in [-0.3, -0.25) is 0 Å². The quantitative estimate of drug-likeness (QED) is 0.388. The summed E-state index contributed by atoms with van der Waals surface area (Å²) in [5.74, 6) is 2.29. The number of hydrogen-bond acceptors (Lipinski definition) is 1. The van der Waals surface area contributed by atoms with Crippen LogP contribution in [0.15, 0.2) is 72.3 Å². The first-order valence-corrected chi connectivity index (χ1v) is 12.0. The van der Waals surface area contributed by atoms with Crippen molar-refractivity contribution in [2.75, 3.05) is 19.6 Å². The van der Waals surface area contributed by atoms with E-state index in [1.54, 1.807) is 0 Å². The molecule has 0 radical (unpaired) electrons. The van der Waals surface area contributed by atoms with E-state index in [1.807, 2.05) is 0 Å². The number of piperidine rings is 1. The standard InChI is InChI=1S/C29H37N2.BrH/c1-4-29(22-30,25-15-9-6-10-16-25)18-26-27-20-31(21-28(26)27,17-11-12-23(2)3)19-24-13-7-5-8-14-24;/h5-10,12-16,26-28H,4,11,17-21H2,1-3H3;1H/q+1;/p-1. The Balaban J connectivity index is 0.00000289. The van der Waals surface area contributed by atoms with Gasteiger partial charge in [-0.05, 0) is 38.2 Å². The van der Waals surface area contributed by atoms with Gasteiger partial charge < -0.3 is 21.5 Å². The van der Waals surface area contributed by atoms with E-state index in [1.165, 1.54) is 47.2 Å². The van der Waals surface area contributed by atoms with Gasteiger partial charge >= 0.3 is 0 Å². The summed E-state index contributed by atoms with van der Waals surface area (Å²) in [5.41, 5.74) is 3.76. The molecule has 1 saturated carbocycles. The number of rotatable bonds is 9. The molecule has 1 aliphatic carbocycles. The van der Waals surface area contributed by atoms with Crippen LogP contribution in [0.25, 0.3) is 0 Å². The summed E-state index contributed by atoms with van der Waals surface area (Å²) in [6.45, 7) is 11.5. The molecule has 1 aliphatic heterocycles. The predicted octanol–water partition coefficient (Wildman–Crippen LogP) is 3.50. The highest BCUT2D eigenvalue weighted by Gasteiger charge is 2.63. The van der Waals surface area contributed by atoms with Crippen LogP contribution in [0.1, 0.15) is 51.2 Å². The Labute approximate surface area is 205 Å². The lowest BCUT2D eigenvalue weighted by Crippen LogP contribution is -3.00. The number of quaternary nitrogens is 1. The summed E-state index contributed by atoms with van der Waals surface area (Å²) < 4.78 is 1.22. The molecule has 3 heteroatoms. The number of halogens is 1. The SMILES string of the molecule is CCC(C#N)(CC1C2C[N+](CCC=C(C)C)(Cc3ccccc3)CC12)c1ccccc1.[Br-]. The molecule has 3 atom stereocenters. The second-order valence-electron chi connectivity index (χ2n) is 10.3. The summed E-state index contributed by atoms with van der Waals surface area (Å²) in [6, 6.07) is 24.3. The van der Waals surface area contributed by atoms with Crippen LogP contribution in [-0.4, -0.2) is 24.1 Å². The second-order valence-corrected chi connectivity index (χ2v) is 10.3. The number of hydrogen-bond donors (Lipinski definition) is 0. The number of nitrogens with zero attached hydrogens (tertiary/aromatic N) is 2. The maximum atomic E-state index is 10.2. The molecule has 1 saturated heterocycles. The van der Waals surface area contributed by atoms with E-state index in [4.69, 9.17) is 0 Å². The highest BCUT2D eigenvalue weighted by Crippen LogP contribution is 2.59. The van der Waals surface area contributed by atoms with Crippen molar-refractivity contribution < 1.29 is 21.5 Å². The van der Waals surface area contributed by atoms with Gasteiger partial charge in [0.05, 0.1) is 31.1 Å². The largest absolute Gasteiger partial charge is 1.00 e. The molecule has 2 aromatic carbocycles. The summed E-state index contributed by atoms with van der Waals surface area (Å²) in [4.78, 5) is 0. The lowest BCUT2D eigenvalue weighted by Gasteiger charge is -2.37. The Bertz CT molecular complexity index is 930. The average Bonchev–Trinajstić information content (AvgIpc) is 3.24. The number of nitriles is 1. The van der Waals surface area contributed by atoms with E-state index in [0.29, 0.717) is 5.92 Å². The summed E-state index contributed by atoms with van der Waals surface area (Å²) >= 11 is 0. The Morgan fingerprint density at radius 2 is 1.62 bits per heavy atom. The molecule has 0 aromatic heterocycles. The van der Waals surface area contributed by atoms with E-state index >= 15 is 0 Å². The molecular formula is C29H37BrN2. The number of likely N-dealkylation sites (tertiary alicyclic amines) is 1. The summed E-state index contributed by atoms with van der Waals surface area (Å²) in [5, 5.41) is 10.2. The Morgan fingerprint density at radius 3 is 2.16 bits per heavy atom. The zero-order valence-electron chi connectivity index (χ0n) is 19.8. The van der Waals surface area contributed by atoms with Crippen LogP contribution in [0.4, 0.5) is 0 Å². The fourth-order valence-corrected chi connectivity index (χ4v) is 6.14. The zero-order chi connectivity index (χ0) is 21.9. The molecule has 170 valence electrons. The van der Waals surface area contributed by atoms with Crippen LogP contribution in [0.2, 0.25) is 0 Å². The molecule has 0 amide bonds. The van der Waals surface area contributed by atoms with E-state index in [2.05, 4.69) is 93.6 Å². The molecule has 2 aliphatic rings. The van der Waals surface area contributed by atoms with Gasteiger partial charge in [-0.25, -0.2) is 0 Å². The van der Waals surface area contributed by atoms with Gasteiger partial charge in [-0.2, -0.15) is 5.26 Å². The van der Waals surface area contributed by atoms with Gasteiger partial charge in [0.1, 0.15) is 6.54 Å². The Hall–Kier alpha value is -1.89. The number of allylic oxidation sites excluding steroid dienone is 1. The van der Waals surface area contributed by atoms with Gasteiger partial charge in [-0.1, -0.05) is 79.2 Å². The zero-order valence-corrected chi connectivity index (χ0v) is 21.4. The van der Waals surface area contributed by atoms with Gasteiger partial charge in [-0.15, -0.1) is 0 Å². The third-order valence-corrected chi connectivity index (χ3v) is 7.95. The molecule has 2 fully saturated rings. The van der Waals surface area contributed by atoms with Gasteiger partial charge in [0.25, 0.3) is 0 Å². The van der Waals surface area contributed by atoms with E-state index in [9.17, 15) is 5.26 Å². The molecule has 1 heterocycles. The predicted molar refractivity (Wildman–Crippen MR) is 128 cm³/mol. The number of fused-ring (bicyclic) bond motifs is 1. The molecule has 0 spiro atoms. The summed E-state index contributed by atoms with van der Waals surface area (Å²) in [6.07, 6.45) is 5.49. The molecule has 2 nitrogen and oxygen atoms in total. The van der Waals surface area contributed by atoms with Crippen LogP contribution in [-0.2, 0) is 12.0 Å². The third-order valence-electron chi connectivity index (χ3n) is 7.95. The van der Waals surface area contributed by atoms with Gasteiger partial charge in [0.2, 0.25) is 0 Å². The van der Waals surface area contributed by atoms with Crippen LogP contribution >= 0.6 is 0 Å². The van der Waals surface area contributed by atoms with Gasteiger partial charge in [0, 0.05) is 23.8 Å². The van der Waals surface area contributed by atoms with Crippen LogP contribution in [0.5, 0.6) is 0 Å². The maximum Gasteiger partial charge on any atom is 0.104 e. The van der Waals surface area contributed by atoms with Gasteiger partial charge in [0.15, 0.2) is 0 Å². The van der Waals surface area contributed by atoms with Crippen molar-refractivity contribution in [2.24, 2.45) is 17.8 Å². The van der Waals surface area contributed by atoms with E-state index in [-0.39, 0.29) is 22.4 Å². The van der Waals surface area contributed by atoms with Crippen molar-refractivity contribution in [3.8, 4) is 6.07 Å².